The second-order valence-electron chi connectivity index (χ2n) is 4.84. The molecule has 0 unspecified atom stereocenters. The van der Waals surface area contributed by atoms with Crippen LogP contribution in [0.2, 0.25) is 0 Å². The summed E-state index contributed by atoms with van der Waals surface area (Å²) in [5.41, 5.74) is 0.601. The van der Waals surface area contributed by atoms with Gasteiger partial charge in [0, 0.05) is 38.9 Å². The standard InChI is InChI=1S/C15H20N2O5/c1-11(18)17(9-15(19)16-6-3-7-20-2)12-4-5-13-14(8-12)22-10-21-13/h4-5,8H,3,6-7,9-10H2,1-2H3,(H,16,19). The molecule has 0 aliphatic carbocycles. The van der Waals surface area contributed by atoms with Gasteiger partial charge in [0.2, 0.25) is 18.6 Å². The number of amides is 2. The quantitative estimate of drug-likeness (QED) is 0.758. The lowest BCUT2D eigenvalue weighted by molar-refractivity contribution is -0.123. The molecule has 0 saturated heterocycles. The minimum Gasteiger partial charge on any atom is -0.454 e. The fourth-order valence-corrected chi connectivity index (χ4v) is 2.08. The summed E-state index contributed by atoms with van der Waals surface area (Å²) in [5, 5.41) is 2.76. The van der Waals surface area contributed by atoms with Gasteiger partial charge in [-0.05, 0) is 18.6 Å². The number of hydrogen-bond donors (Lipinski definition) is 1. The maximum atomic E-state index is 11.9. The number of benzene rings is 1. The van der Waals surface area contributed by atoms with Gasteiger partial charge < -0.3 is 24.4 Å². The van der Waals surface area contributed by atoms with E-state index < -0.39 is 0 Å². The first-order chi connectivity index (χ1) is 10.6. The van der Waals surface area contributed by atoms with Crippen LogP contribution >= 0.6 is 0 Å². The molecule has 0 bridgehead atoms. The smallest absolute Gasteiger partial charge is 0.240 e. The number of nitrogens with one attached hydrogen (secondary N) is 1. The topological polar surface area (TPSA) is 77.1 Å². The van der Waals surface area contributed by atoms with E-state index in [9.17, 15) is 9.59 Å². The van der Waals surface area contributed by atoms with E-state index in [4.69, 9.17) is 14.2 Å². The molecule has 1 aliphatic heterocycles. The lowest BCUT2D eigenvalue weighted by atomic mass is 10.2. The normalized spacial score (nSPS) is 12.1. The number of carbonyl (C=O) groups is 2. The summed E-state index contributed by atoms with van der Waals surface area (Å²) in [6, 6.07) is 5.15. The van der Waals surface area contributed by atoms with Crippen molar-refractivity contribution in [1.29, 1.82) is 0 Å². The highest BCUT2D eigenvalue weighted by Crippen LogP contribution is 2.35. The van der Waals surface area contributed by atoms with E-state index in [1.807, 2.05) is 0 Å². The van der Waals surface area contributed by atoms with Gasteiger partial charge in [0.15, 0.2) is 11.5 Å². The Bertz CT molecular complexity index is 547. The average Bonchev–Trinajstić information content (AvgIpc) is 2.96. The van der Waals surface area contributed by atoms with E-state index >= 15 is 0 Å². The van der Waals surface area contributed by atoms with Crippen LogP contribution < -0.4 is 19.7 Å². The molecule has 7 nitrogen and oxygen atoms in total. The molecule has 22 heavy (non-hydrogen) atoms. The molecule has 1 N–H and O–H groups in total. The summed E-state index contributed by atoms with van der Waals surface area (Å²) in [6.45, 7) is 2.64. The highest BCUT2D eigenvalue weighted by Gasteiger charge is 2.20. The molecule has 2 rings (SSSR count). The van der Waals surface area contributed by atoms with Crippen molar-refractivity contribution < 1.29 is 23.8 Å². The Labute approximate surface area is 129 Å². The molecule has 1 aromatic rings. The third-order valence-electron chi connectivity index (χ3n) is 3.20. The van der Waals surface area contributed by atoms with E-state index in [2.05, 4.69) is 5.32 Å². The van der Waals surface area contributed by atoms with Crippen molar-refractivity contribution in [3.8, 4) is 11.5 Å². The van der Waals surface area contributed by atoms with Gasteiger partial charge in [0.05, 0.1) is 0 Å². The van der Waals surface area contributed by atoms with Crippen LogP contribution in [0.3, 0.4) is 0 Å². The minimum atomic E-state index is -0.219. The largest absolute Gasteiger partial charge is 0.454 e. The lowest BCUT2D eigenvalue weighted by Crippen LogP contribution is -2.40. The number of fused-ring (bicyclic) bond motifs is 1. The Morgan fingerprint density at radius 3 is 2.82 bits per heavy atom. The summed E-state index contributed by atoms with van der Waals surface area (Å²) < 4.78 is 15.4. The van der Waals surface area contributed by atoms with Crippen LogP contribution in [0.15, 0.2) is 18.2 Å². The number of anilines is 1. The molecule has 1 heterocycles. The number of hydrogen-bond acceptors (Lipinski definition) is 5. The predicted molar refractivity (Wildman–Crippen MR) is 80.1 cm³/mol. The number of carbonyl (C=O) groups excluding carboxylic acids is 2. The van der Waals surface area contributed by atoms with E-state index in [-0.39, 0.29) is 25.2 Å². The van der Waals surface area contributed by atoms with Crippen LogP contribution in [-0.4, -0.2) is 45.4 Å². The summed E-state index contributed by atoms with van der Waals surface area (Å²) >= 11 is 0. The number of ether oxygens (including phenoxy) is 3. The van der Waals surface area contributed by atoms with Crippen LogP contribution in [0.1, 0.15) is 13.3 Å². The van der Waals surface area contributed by atoms with E-state index in [0.717, 1.165) is 6.42 Å². The zero-order chi connectivity index (χ0) is 15.9. The van der Waals surface area contributed by atoms with Crippen molar-refractivity contribution in [2.24, 2.45) is 0 Å². The molecule has 120 valence electrons. The van der Waals surface area contributed by atoms with Crippen LogP contribution in [0.5, 0.6) is 11.5 Å². The Balaban J connectivity index is 1.98. The molecule has 0 saturated carbocycles. The summed E-state index contributed by atoms with van der Waals surface area (Å²) in [5.74, 6) is 0.774. The fourth-order valence-electron chi connectivity index (χ4n) is 2.08. The van der Waals surface area contributed by atoms with E-state index in [1.54, 1.807) is 25.3 Å². The zero-order valence-electron chi connectivity index (χ0n) is 12.8. The molecule has 2 amide bonds. The van der Waals surface area contributed by atoms with Crippen molar-refractivity contribution in [1.82, 2.24) is 5.32 Å². The van der Waals surface area contributed by atoms with Gasteiger partial charge in [0.1, 0.15) is 6.54 Å². The zero-order valence-corrected chi connectivity index (χ0v) is 12.8. The highest BCUT2D eigenvalue weighted by molar-refractivity contribution is 5.97. The van der Waals surface area contributed by atoms with Gasteiger partial charge in [-0.3, -0.25) is 9.59 Å². The van der Waals surface area contributed by atoms with Crippen molar-refractivity contribution in [3.05, 3.63) is 18.2 Å². The lowest BCUT2D eigenvalue weighted by Gasteiger charge is -2.21. The molecule has 7 heteroatoms. The fraction of sp³-hybridized carbons (Fsp3) is 0.467. The molecule has 0 radical (unpaired) electrons. The van der Waals surface area contributed by atoms with Gasteiger partial charge in [-0.15, -0.1) is 0 Å². The van der Waals surface area contributed by atoms with E-state index in [1.165, 1.54) is 11.8 Å². The number of rotatable bonds is 7. The molecule has 0 fully saturated rings. The molecular weight excluding hydrogens is 288 g/mol. The van der Waals surface area contributed by atoms with Crippen LogP contribution in [0.25, 0.3) is 0 Å². The molecule has 0 atom stereocenters. The van der Waals surface area contributed by atoms with Gasteiger partial charge >= 0.3 is 0 Å². The Kier molecular flexibility index (Phi) is 5.60. The van der Waals surface area contributed by atoms with Crippen molar-refractivity contribution in [3.63, 3.8) is 0 Å². The molecule has 1 aliphatic rings. The van der Waals surface area contributed by atoms with Gasteiger partial charge in [-0.1, -0.05) is 0 Å². The first kappa shape index (κ1) is 16.1. The summed E-state index contributed by atoms with van der Waals surface area (Å²) in [4.78, 5) is 25.1. The first-order valence-electron chi connectivity index (χ1n) is 7.05. The third kappa shape index (κ3) is 4.11. The molecule has 0 aromatic heterocycles. The van der Waals surface area contributed by atoms with Crippen molar-refractivity contribution >= 4 is 17.5 Å². The highest BCUT2D eigenvalue weighted by atomic mass is 16.7. The number of methoxy groups -OCH3 is 1. The SMILES string of the molecule is COCCCNC(=O)CN(C(C)=O)c1ccc2c(c1)OCO2. The first-order valence-corrected chi connectivity index (χ1v) is 7.05. The Morgan fingerprint density at radius 2 is 2.09 bits per heavy atom. The third-order valence-corrected chi connectivity index (χ3v) is 3.20. The molecule has 1 aromatic carbocycles. The second kappa shape index (κ2) is 7.65. The van der Waals surface area contributed by atoms with E-state index in [0.29, 0.717) is 30.3 Å². The molecular formula is C15H20N2O5. The Hall–Kier alpha value is -2.28. The van der Waals surface area contributed by atoms with Crippen LogP contribution in [0, 0.1) is 0 Å². The Morgan fingerprint density at radius 1 is 1.32 bits per heavy atom. The van der Waals surface area contributed by atoms with Crippen LogP contribution in [0.4, 0.5) is 5.69 Å². The van der Waals surface area contributed by atoms with Gasteiger partial charge in [-0.25, -0.2) is 0 Å². The maximum absolute atomic E-state index is 11.9. The summed E-state index contributed by atoms with van der Waals surface area (Å²) in [6.07, 6.45) is 0.729. The van der Waals surface area contributed by atoms with Gasteiger partial charge in [-0.2, -0.15) is 0 Å². The maximum Gasteiger partial charge on any atom is 0.240 e. The monoisotopic (exact) mass is 308 g/mol. The van der Waals surface area contributed by atoms with Crippen LogP contribution in [-0.2, 0) is 14.3 Å². The van der Waals surface area contributed by atoms with Crippen molar-refractivity contribution in [2.75, 3.05) is 38.5 Å². The van der Waals surface area contributed by atoms with Crippen molar-refractivity contribution in [2.45, 2.75) is 13.3 Å². The number of nitrogens with zero attached hydrogens (tertiary/aromatic N) is 1. The molecule has 0 spiro atoms. The second-order valence-corrected chi connectivity index (χ2v) is 4.84. The summed E-state index contributed by atoms with van der Waals surface area (Å²) in [7, 11) is 1.61. The predicted octanol–water partition coefficient (Wildman–Crippen LogP) is 0.921. The van der Waals surface area contributed by atoms with Gasteiger partial charge in [0.25, 0.3) is 0 Å². The minimum absolute atomic E-state index is 0.0397. The average molecular weight is 308 g/mol.